The monoisotopic (exact) mass is 383 g/mol. The van der Waals surface area contributed by atoms with Crippen LogP contribution in [0.5, 0.6) is 5.75 Å². The molecule has 25 heavy (non-hydrogen) atoms. The first-order valence-corrected chi connectivity index (χ1v) is 8.55. The molecule has 3 N–H and O–H groups in total. The van der Waals surface area contributed by atoms with Crippen molar-refractivity contribution in [2.45, 2.75) is 25.3 Å². The van der Waals surface area contributed by atoms with Gasteiger partial charge in [-0.2, -0.15) is 0 Å². The van der Waals surface area contributed by atoms with Crippen LogP contribution < -0.4 is 10.5 Å². The number of rotatable bonds is 4. The number of hydrogen-bond acceptors (Lipinski definition) is 3. The largest absolute Gasteiger partial charge is 0.493 e. The fourth-order valence-electron chi connectivity index (χ4n) is 3.04. The maximum atomic E-state index is 13.5. The van der Waals surface area contributed by atoms with Gasteiger partial charge >= 0.3 is 5.97 Å². The first kappa shape index (κ1) is 18.0. The number of ether oxygens (including phenoxy) is 1. The first-order chi connectivity index (χ1) is 11.9. The van der Waals surface area contributed by atoms with Crippen LogP contribution in [0, 0.1) is 5.82 Å². The number of carboxylic acid groups (broad SMARTS) is 1. The smallest absolute Gasteiger partial charge is 0.320 e. The van der Waals surface area contributed by atoms with Crippen molar-refractivity contribution in [3.8, 4) is 16.9 Å². The standard InChI is InChI=1S/C18H16Cl2FNO3/c19-13-7-10(21)8-14(20)16(13)12-4-3-9(6-15(22)18(23)24)11-2-1-5-25-17(11)12/h3-4,7-8,15H,1-2,5-6,22H2,(H,23,24)/t15-/m0/s1. The quantitative estimate of drug-likeness (QED) is 0.833. The molecule has 0 amide bonds. The summed E-state index contributed by atoms with van der Waals surface area (Å²) in [5.41, 5.74) is 8.55. The minimum absolute atomic E-state index is 0.191. The summed E-state index contributed by atoms with van der Waals surface area (Å²) < 4.78 is 19.3. The van der Waals surface area contributed by atoms with Crippen LogP contribution in [0.15, 0.2) is 24.3 Å². The van der Waals surface area contributed by atoms with Gasteiger partial charge in [-0.3, -0.25) is 4.79 Å². The topological polar surface area (TPSA) is 72.5 Å². The number of hydrogen-bond donors (Lipinski definition) is 2. The molecule has 132 valence electrons. The minimum Gasteiger partial charge on any atom is -0.493 e. The summed E-state index contributed by atoms with van der Waals surface area (Å²) in [6.07, 6.45) is 1.75. The van der Waals surface area contributed by atoms with Gasteiger partial charge in [0, 0.05) is 11.1 Å². The third-order valence-electron chi connectivity index (χ3n) is 4.21. The van der Waals surface area contributed by atoms with E-state index in [1.165, 1.54) is 12.1 Å². The van der Waals surface area contributed by atoms with Crippen molar-refractivity contribution in [2.24, 2.45) is 5.73 Å². The molecule has 0 unspecified atom stereocenters. The molecule has 7 heteroatoms. The van der Waals surface area contributed by atoms with Crippen LogP contribution in [0.2, 0.25) is 10.0 Å². The van der Waals surface area contributed by atoms with Crippen LogP contribution >= 0.6 is 23.2 Å². The highest BCUT2D eigenvalue weighted by atomic mass is 35.5. The van der Waals surface area contributed by atoms with E-state index in [1.54, 1.807) is 6.07 Å². The number of carboxylic acids is 1. The van der Waals surface area contributed by atoms with Crippen molar-refractivity contribution in [2.75, 3.05) is 6.61 Å². The zero-order valence-electron chi connectivity index (χ0n) is 13.2. The van der Waals surface area contributed by atoms with E-state index in [0.29, 0.717) is 23.5 Å². The Morgan fingerprint density at radius 2 is 2.00 bits per heavy atom. The Morgan fingerprint density at radius 1 is 1.32 bits per heavy atom. The Hall–Kier alpha value is -1.82. The molecular weight excluding hydrogens is 368 g/mol. The molecule has 4 nitrogen and oxygen atoms in total. The fourth-order valence-corrected chi connectivity index (χ4v) is 3.71. The molecular formula is C18H16Cl2FNO3. The Bertz CT molecular complexity index is 818. The molecule has 1 aliphatic heterocycles. The second kappa shape index (κ2) is 7.20. The van der Waals surface area contributed by atoms with Crippen molar-refractivity contribution in [3.05, 3.63) is 51.3 Å². The van der Waals surface area contributed by atoms with Gasteiger partial charge in [0.15, 0.2) is 0 Å². The van der Waals surface area contributed by atoms with E-state index in [9.17, 15) is 9.18 Å². The van der Waals surface area contributed by atoms with Crippen molar-refractivity contribution in [1.29, 1.82) is 0 Å². The highest BCUT2D eigenvalue weighted by molar-refractivity contribution is 6.39. The SMILES string of the molecule is N[C@@H](Cc1ccc(-c2c(Cl)cc(F)cc2Cl)c2c1CCCO2)C(=O)O. The summed E-state index contributed by atoms with van der Waals surface area (Å²) in [7, 11) is 0. The molecule has 2 aromatic carbocycles. The average Bonchev–Trinajstić information content (AvgIpc) is 2.55. The average molecular weight is 384 g/mol. The van der Waals surface area contributed by atoms with Crippen molar-refractivity contribution in [3.63, 3.8) is 0 Å². The molecule has 1 heterocycles. The van der Waals surface area contributed by atoms with Gasteiger partial charge in [0.1, 0.15) is 17.6 Å². The van der Waals surface area contributed by atoms with Gasteiger partial charge in [0.25, 0.3) is 0 Å². The minimum atomic E-state index is -1.06. The molecule has 0 spiro atoms. The molecule has 2 aromatic rings. The molecule has 0 saturated carbocycles. The van der Waals surface area contributed by atoms with E-state index >= 15 is 0 Å². The summed E-state index contributed by atoms with van der Waals surface area (Å²) in [4.78, 5) is 11.1. The lowest BCUT2D eigenvalue weighted by atomic mass is 9.90. The second-order valence-electron chi connectivity index (χ2n) is 5.93. The third kappa shape index (κ3) is 3.59. The van der Waals surface area contributed by atoms with Crippen LogP contribution in [0.25, 0.3) is 11.1 Å². The van der Waals surface area contributed by atoms with Crippen LogP contribution in [0.3, 0.4) is 0 Å². The predicted octanol–water partition coefficient (Wildman–Crippen LogP) is 4.08. The number of halogens is 3. The van der Waals surface area contributed by atoms with E-state index in [-0.39, 0.29) is 16.5 Å². The lowest BCUT2D eigenvalue weighted by Gasteiger charge is -2.24. The number of carbonyl (C=O) groups is 1. The summed E-state index contributed by atoms with van der Waals surface area (Å²) in [6.45, 7) is 0.533. The fraction of sp³-hybridized carbons (Fsp3) is 0.278. The molecule has 0 fully saturated rings. The molecule has 0 aliphatic carbocycles. The zero-order valence-corrected chi connectivity index (χ0v) is 14.7. The highest BCUT2D eigenvalue weighted by Gasteiger charge is 2.24. The van der Waals surface area contributed by atoms with Crippen molar-refractivity contribution >= 4 is 29.2 Å². The van der Waals surface area contributed by atoms with E-state index in [2.05, 4.69) is 0 Å². The van der Waals surface area contributed by atoms with Gasteiger partial charge in [0.2, 0.25) is 0 Å². The Morgan fingerprint density at radius 3 is 2.64 bits per heavy atom. The van der Waals surface area contributed by atoms with Gasteiger partial charge < -0.3 is 15.6 Å². The van der Waals surface area contributed by atoms with E-state index < -0.39 is 17.8 Å². The Balaban J connectivity index is 2.13. The second-order valence-corrected chi connectivity index (χ2v) is 6.74. The Kier molecular flexibility index (Phi) is 5.18. The third-order valence-corrected chi connectivity index (χ3v) is 4.80. The normalized spacial score (nSPS) is 14.6. The molecule has 0 radical (unpaired) electrons. The highest BCUT2D eigenvalue weighted by Crippen LogP contribution is 2.44. The van der Waals surface area contributed by atoms with Gasteiger partial charge in [-0.25, -0.2) is 4.39 Å². The number of aliphatic carboxylic acids is 1. The van der Waals surface area contributed by atoms with Gasteiger partial charge in [-0.05, 0) is 42.5 Å². The molecule has 0 saturated heterocycles. The molecule has 3 rings (SSSR count). The molecule has 1 aliphatic rings. The molecule has 0 bridgehead atoms. The number of benzene rings is 2. The van der Waals surface area contributed by atoms with Gasteiger partial charge in [0.05, 0.1) is 16.7 Å². The summed E-state index contributed by atoms with van der Waals surface area (Å²) >= 11 is 12.4. The maximum Gasteiger partial charge on any atom is 0.320 e. The first-order valence-electron chi connectivity index (χ1n) is 7.79. The van der Waals surface area contributed by atoms with E-state index in [1.807, 2.05) is 6.07 Å². The van der Waals surface area contributed by atoms with Crippen LogP contribution in [-0.4, -0.2) is 23.7 Å². The van der Waals surface area contributed by atoms with Crippen molar-refractivity contribution in [1.82, 2.24) is 0 Å². The van der Waals surface area contributed by atoms with E-state index in [0.717, 1.165) is 24.0 Å². The lowest BCUT2D eigenvalue weighted by molar-refractivity contribution is -0.138. The molecule has 1 atom stereocenters. The van der Waals surface area contributed by atoms with Crippen LogP contribution in [0.4, 0.5) is 4.39 Å². The summed E-state index contributed by atoms with van der Waals surface area (Å²) in [5, 5.41) is 9.43. The summed E-state index contributed by atoms with van der Waals surface area (Å²) in [5.74, 6) is -0.964. The zero-order chi connectivity index (χ0) is 18.1. The van der Waals surface area contributed by atoms with Crippen molar-refractivity contribution < 1.29 is 19.0 Å². The maximum absolute atomic E-state index is 13.5. The van der Waals surface area contributed by atoms with Gasteiger partial charge in [-0.15, -0.1) is 0 Å². The lowest BCUT2D eigenvalue weighted by Crippen LogP contribution is -2.32. The summed E-state index contributed by atoms with van der Waals surface area (Å²) in [6, 6.07) is 4.98. The van der Waals surface area contributed by atoms with E-state index in [4.69, 9.17) is 38.8 Å². The predicted molar refractivity (Wildman–Crippen MR) is 95.0 cm³/mol. The Labute approximate surface area is 154 Å². The van der Waals surface area contributed by atoms with Gasteiger partial charge in [-0.1, -0.05) is 35.3 Å². The van der Waals surface area contributed by atoms with Crippen LogP contribution in [-0.2, 0) is 17.6 Å². The molecule has 0 aromatic heterocycles. The number of nitrogens with two attached hydrogens (primary N) is 1. The number of fused-ring (bicyclic) bond motifs is 1. The van der Waals surface area contributed by atoms with Crippen LogP contribution in [0.1, 0.15) is 17.5 Å².